The molecular formula is C23H24N4O3. The normalized spacial score (nSPS) is 13.9. The molecule has 0 fully saturated rings. The fraction of sp³-hybridized carbons (Fsp3) is 0.304. The molecule has 1 aliphatic heterocycles. The highest BCUT2D eigenvalue weighted by Crippen LogP contribution is 2.22. The molecule has 154 valence electrons. The van der Waals surface area contributed by atoms with Gasteiger partial charge in [0, 0.05) is 13.2 Å². The average Bonchev–Trinajstić information content (AvgIpc) is 3.16. The number of hydrogen-bond donors (Lipinski definition) is 0. The topological polar surface area (TPSA) is 77.2 Å². The minimum atomic E-state index is -0.371. The van der Waals surface area contributed by atoms with Gasteiger partial charge in [0.2, 0.25) is 0 Å². The summed E-state index contributed by atoms with van der Waals surface area (Å²) >= 11 is 0. The summed E-state index contributed by atoms with van der Waals surface area (Å²) in [7, 11) is 1.67. The third kappa shape index (κ3) is 3.16. The second-order valence-electron chi connectivity index (χ2n) is 7.78. The number of aromatic nitrogens is 3. The van der Waals surface area contributed by atoms with Crippen LogP contribution in [0.5, 0.6) is 0 Å². The summed E-state index contributed by atoms with van der Waals surface area (Å²) in [4.78, 5) is 45.1. The van der Waals surface area contributed by atoms with Gasteiger partial charge in [0.05, 0.1) is 30.4 Å². The number of carbonyl (C=O) groups excluding carboxylic acids is 1. The van der Waals surface area contributed by atoms with Gasteiger partial charge in [-0.2, -0.15) is 0 Å². The first-order chi connectivity index (χ1) is 14.3. The zero-order chi connectivity index (χ0) is 21.6. The third-order valence-corrected chi connectivity index (χ3v) is 5.91. The Balaban J connectivity index is 1.71. The number of nitrogens with zero attached hydrogens (tertiary/aromatic N) is 4. The number of rotatable bonds is 3. The van der Waals surface area contributed by atoms with E-state index >= 15 is 0 Å². The van der Waals surface area contributed by atoms with Gasteiger partial charge in [-0.15, -0.1) is 0 Å². The molecule has 1 amide bonds. The van der Waals surface area contributed by atoms with Gasteiger partial charge in [-0.25, -0.2) is 4.98 Å². The summed E-state index contributed by atoms with van der Waals surface area (Å²) in [5, 5.41) is 0. The fourth-order valence-electron chi connectivity index (χ4n) is 3.93. The van der Waals surface area contributed by atoms with Gasteiger partial charge < -0.3 is 9.47 Å². The molecular weight excluding hydrogens is 380 g/mol. The van der Waals surface area contributed by atoms with Crippen molar-refractivity contribution in [2.45, 2.75) is 39.9 Å². The van der Waals surface area contributed by atoms with Crippen molar-refractivity contribution in [3.63, 3.8) is 0 Å². The minimum Gasteiger partial charge on any atom is -0.328 e. The van der Waals surface area contributed by atoms with Crippen LogP contribution in [-0.2, 0) is 20.1 Å². The van der Waals surface area contributed by atoms with Gasteiger partial charge in [-0.3, -0.25) is 19.0 Å². The van der Waals surface area contributed by atoms with E-state index < -0.39 is 0 Å². The van der Waals surface area contributed by atoms with Gasteiger partial charge in [0.1, 0.15) is 11.4 Å². The lowest BCUT2D eigenvalue weighted by molar-refractivity contribution is 0.0746. The van der Waals surface area contributed by atoms with Crippen LogP contribution in [0.4, 0.5) is 0 Å². The van der Waals surface area contributed by atoms with Crippen LogP contribution < -0.4 is 11.1 Å². The van der Waals surface area contributed by atoms with Crippen molar-refractivity contribution in [1.29, 1.82) is 0 Å². The number of carbonyl (C=O) groups is 1. The first kappa shape index (κ1) is 19.8. The zero-order valence-electron chi connectivity index (χ0n) is 17.5. The number of pyridine rings is 1. The van der Waals surface area contributed by atoms with E-state index in [2.05, 4.69) is 4.98 Å². The Kier molecular flexibility index (Phi) is 4.89. The van der Waals surface area contributed by atoms with Crippen LogP contribution >= 0.6 is 0 Å². The van der Waals surface area contributed by atoms with E-state index in [0.29, 0.717) is 22.6 Å². The fourth-order valence-corrected chi connectivity index (χ4v) is 3.93. The largest absolute Gasteiger partial charge is 0.328 e. The van der Waals surface area contributed by atoms with E-state index in [-0.39, 0.29) is 41.7 Å². The maximum absolute atomic E-state index is 13.3. The highest BCUT2D eigenvalue weighted by molar-refractivity contribution is 5.95. The molecule has 0 radical (unpaired) electrons. The summed E-state index contributed by atoms with van der Waals surface area (Å²) in [5.41, 5.74) is 2.39. The van der Waals surface area contributed by atoms with E-state index in [1.54, 1.807) is 37.7 Å². The molecule has 4 rings (SSSR count). The Hall–Kier alpha value is -3.48. The van der Waals surface area contributed by atoms with Crippen molar-refractivity contribution in [1.82, 2.24) is 19.0 Å². The lowest BCUT2D eigenvalue weighted by Gasteiger charge is -2.20. The molecule has 1 aliphatic rings. The number of amides is 1. The lowest BCUT2D eigenvalue weighted by atomic mass is 10.1. The molecule has 30 heavy (non-hydrogen) atoms. The van der Waals surface area contributed by atoms with E-state index in [4.69, 9.17) is 0 Å². The maximum atomic E-state index is 13.3. The van der Waals surface area contributed by atoms with Crippen molar-refractivity contribution < 1.29 is 4.79 Å². The first-order valence-electron chi connectivity index (χ1n) is 9.91. The number of benzene rings is 1. The standard InChI is InChI=1S/C23H24N4O3/c1-14-10-11-27(15(2)17-8-6-5-7-9-17)23(30)20(14)22(29)26-12-18-19(13-26)24-16(3)25(4)21(18)28/h5-11,15H,12-13H2,1-4H3. The predicted molar refractivity (Wildman–Crippen MR) is 113 cm³/mol. The highest BCUT2D eigenvalue weighted by Gasteiger charge is 2.31. The Bertz CT molecular complexity index is 1260. The zero-order valence-corrected chi connectivity index (χ0v) is 17.5. The maximum Gasteiger partial charge on any atom is 0.264 e. The van der Waals surface area contributed by atoms with Gasteiger partial charge in [0.15, 0.2) is 0 Å². The molecule has 3 heterocycles. The van der Waals surface area contributed by atoms with E-state index in [9.17, 15) is 14.4 Å². The van der Waals surface area contributed by atoms with Gasteiger partial charge in [-0.1, -0.05) is 30.3 Å². The quantitative estimate of drug-likeness (QED) is 0.671. The van der Waals surface area contributed by atoms with Crippen LogP contribution in [0.2, 0.25) is 0 Å². The van der Waals surface area contributed by atoms with Crippen molar-refractivity contribution in [3.05, 3.63) is 97.1 Å². The number of hydrogen-bond acceptors (Lipinski definition) is 4. The Morgan fingerprint density at radius 2 is 1.73 bits per heavy atom. The van der Waals surface area contributed by atoms with Crippen molar-refractivity contribution in [2.24, 2.45) is 7.05 Å². The molecule has 1 aromatic carbocycles. The summed E-state index contributed by atoms with van der Waals surface area (Å²) in [6.45, 7) is 5.85. The molecule has 2 aromatic heterocycles. The molecule has 7 heteroatoms. The molecule has 0 aliphatic carbocycles. The molecule has 7 nitrogen and oxygen atoms in total. The molecule has 0 saturated heterocycles. The predicted octanol–water partition coefficient (Wildman–Crippen LogP) is 2.32. The molecule has 0 spiro atoms. The van der Waals surface area contributed by atoms with Crippen LogP contribution in [0.15, 0.2) is 52.2 Å². The van der Waals surface area contributed by atoms with Crippen LogP contribution in [0.1, 0.15) is 51.5 Å². The van der Waals surface area contributed by atoms with Gasteiger partial charge in [0.25, 0.3) is 17.0 Å². The Labute approximate surface area is 174 Å². The molecule has 3 aromatic rings. The Morgan fingerprint density at radius 1 is 1.03 bits per heavy atom. The highest BCUT2D eigenvalue weighted by atomic mass is 16.2. The van der Waals surface area contributed by atoms with Gasteiger partial charge in [-0.05, 0) is 38.0 Å². The molecule has 0 bridgehead atoms. The average molecular weight is 404 g/mol. The monoisotopic (exact) mass is 404 g/mol. The number of aryl methyl sites for hydroxylation is 2. The minimum absolute atomic E-state index is 0.140. The van der Waals surface area contributed by atoms with Gasteiger partial charge >= 0.3 is 0 Å². The van der Waals surface area contributed by atoms with Crippen molar-refractivity contribution in [3.8, 4) is 0 Å². The van der Waals surface area contributed by atoms with E-state index in [1.165, 1.54) is 9.47 Å². The summed E-state index contributed by atoms with van der Waals surface area (Å²) in [5.74, 6) is 0.229. The number of fused-ring (bicyclic) bond motifs is 1. The van der Waals surface area contributed by atoms with Crippen LogP contribution in [0.25, 0.3) is 0 Å². The SMILES string of the molecule is Cc1ccn(C(C)c2ccccc2)c(=O)c1C(=O)N1Cc2nc(C)n(C)c(=O)c2C1. The lowest BCUT2D eigenvalue weighted by Crippen LogP contribution is -2.36. The summed E-state index contributed by atoms with van der Waals surface area (Å²) in [6, 6.07) is 11.3. The molecule has 1 atom stereocenters. The van der Waals surface area contributed by atoms with Crippen LogP contribution in [-0.4, -0.2) is 24.9 Å². The van der Waals surface area contributed by atoms with Crippen molar-refractivity contribution in [2.75, 3.05) is 0 Å². The third-order valence-electron chi connectivity index (χ3n) is 5.91. The summed E-state index contributed by atoms with van der Waals surface area (Å²) in [6.07, 6.45) is 1.73. The van der Waals surface area contributed by atoms with Crippen molar-refractivity contribution >= 4 is 5.91 Å². The first-order valence-corrected chi connectivity index (χ1v) is 9.91. The molecule has 1 unspecified atom stereocenters. The van der Waals surface area contributed by atoms with E-state index in [0.717, 1.165) is 5.56 Å². The van der Waals surface area contributed by atoms with Crippen LogP contribution in [0, 0.1) is 13.8 Å². The molecule has 0 saturated carbocycles. The second kappa shape index (κ2) is 7.40. The summed E-state index contributed by atoms with van der Waals surface area (Å²) < 4.78 is 3.06. The van der Waals surface area contributed by atoms with E-state index in [1.807, 2.05) is 37.3 Å². The second-order valence-corrected chi connectivity index (χ2v) is 7.78. The molecule has 0 N–H and O–H groups in total. The van der Waals surface area contributed by atoms with Crippen LogP contribution in [0.3, 0.4) is 0 Å². The smallest absolute Gasteiger partial charge is 0.264 e. The Morgan fingerprint density at radius 3 is 2.43 bits per heavy atom.